The van der Waals surface area contributed by atoms with Crippen LogP contribution in [-0.2, 0) is 11.3 Å². The molecule has 7 heteroatoms. The molecule has 3 heterocycles. The lowest BCUT2D eigenvalue weighted by Crippen LogP contribution is -2.36. The Morgan fingerprint density at radius 3 is 2.84 bits per heavy atom. The van der Waals surface area contributed by atoms with Crippen LogP contribution in [0.15, 0.2) is 47.1 Å². The van der Waals surface area contributed by atoms with Crippen LogP contribution in [0.2, 0.25) is 0 Å². The second-order valence-corrected chi connectivity index (χ2v) is 10.2. The van der Waals surface area contributed by atoms with Crippen LogP contribution < -0.4 is 4.74 Å². The van der Waals surface area contributed by atoms with E-state index in [9.17, 15) is 4.79 Å². The number of ether oxygens (including phenoxy) is 2. The average molecular weight is 496 g/mol. The molecule has 6 nitrogen and oxygen atoms in total. The predicted molar refractivity (Wildman–Crippen MR) is 126 cm³/mol. The number of carbonyl (C=O) groups excluding carboxylic acids is 1. The number of imidazole rings is 1. The van der Waals surface area contributed by atoms with E-state index >= 15 is 0 Å². The first-order chi connectivity index (χ1) is 15.3. The van der Waals surface area contributed by atoms with Gasteiger partial charge in [-0.15, -0.1) is 0 Å². The highest BCUT2D eigenvalue weighted by Gasteiger charge is 2.34. The normalized spacial score (nSPS) is 17.5. The van der Waals surface area contributed by atoms with Gasteiger partial charge in [0.25, 0.3) is 0 Å². The summed E-state index contributed by atoms with van der Waals surface area (Å²) in [4.78, 5) is 22.5. The van der Waals surface area contributed by atoms with Gasteiger partial charge in [-0.1, -0.05) is 28.1 Å². The summed E-state index contributed by atoms with van der Waals surface area (Å²) in [6.07, 6.45) is 3.37. The summed E-state index contributed by atoms with van der Waals surface area (Å²) in [5.41, 5.74) is 4.90. The quantitative estimate of drug-likeness (QED) is 0.442. The zero-order valence-electron chi connectivity index (χ0n) is 18.4. The summed E-state index contributed by atoms with van der Waals surface area (Å²) in [7, 11) is 0. The number of hydrogen-bond donors (Lipinski definition) is 1. The molecular formula is C25H26BrN3O3. The summed E-state index contributed by atoms with van der Waals surface area (Å²) in [5.74, 6) is 1.69. The number of likely N-dealkylation sites (tertiary alicyclic amines) is 1. The number of nitrogens with zero attached hydrogens (tertiary/aromatic N) is 2. The highest BCUT2D eigenvalue weighted by atomic mass is 79.9. The Labute approximate surface area is 196 Å². The van der Waals surface area contributed by atoms with Crippen molar-refractivity contribution in [2.75, 3.05) is 6.54 Å². The van der Waals surface area contributed by atoms with Gasteiger partial charge < -0.3 is 14.5 Å². The van der Waals surface area contributed by atoms with Crippen molar-refractivity contribution in [1.29, 1.82) is 0 Å². The third kappa shape index (κ3) is 4.01. The Hall–Kier alpha value is -2.80. The second-order valence-electron chi connectivity index (χ2n) is 9.31. The lowest BCUT2D eigenvalue weighted by Gasteiger charge is -2.27. The molecule has 0 unspecified atom stereocenters. The number of halogens is 1. The Balaban J connectivity index is 1.40. The van der Waals surface area contributed by atoms with Crippen molar-refractivity contribution in [1.82, 2.24) is 14.9 Å². The molecule has 1 amide bonds. The van der Waals surface area contributed by atoms with Crippen molar-refractivity contribution in [3.63, 3.8) is 0 Å². The highest BCUT2D eigenvalue weighted by molar-refractivity contribution is 9.10. The molecule has 166 valence electrons. The SMILES string of the molecule is CC(C)(C)OC(=O)N1CCC[C@@H]1c1ncc(-c2ccc3c(c2)COc2cc(Br)ccc2-3)[nH]1. The smallest absolute Gasteiger partial charge is 0.410 e. The van der Waals surface area contributed by atoms with E-state index in [0.717, 1.165) is 51.3 Å². The van der Waals surface area contributed by atoms with E-state index in [4.69, 9.17) is 9.47 Å². The number of amides is 1. The second kappa shape index (κ2) is 7.96. The van der Waals surface area contributed by atoms with Gasteiger partial charge in [-0.2, -0.15) is 0 Å². The fraction of sp³-hybridized carbons (Fsp3) is 0.360. The number of fused-ring (bicyclic) bond motifs is 3. The fourth-order valence-corrected chi connectivity index (χ4v) is 4.72. The van der Waals surface area contributed by atoms with E-state index < -0.39 is 5.60 Å². The van der Waals surface area contributed by atoms with E-state index in [1.807, 2.05) is 39.1 Å². The molecule has 0 saturated carbocycles. The molecule has 2 aliphatic rings. The van der Waals surface area contributed by atoms with Gasteiger partial charge in [0.1, 0.15) is 23.8 Å². The standard InChI is InChI=1S/C25H26BrN3O3/c1-25(2,3)32-24(30)29-10-4-5-21(29)23-27-13-20(28-23)15-6-8-18-16(11-15)14-31-22-12-17(26)7-9-19(18)22/h6-9,11-13,21H,4-5,10,14H2,1-3H3,(H,27,28)/t21-/m1/s1. The number of hydrogen-bond acceptors (Lipinski definition) is 4. The molecule has 2 aromatic carbocycles. The predicted octanol–water partition coefficient (Wildman–Crippen LogP) is 6.47. The van der Waals surface area contributed by atoms with E-state index in [-0.39, 0.29) is 12.1 Å². The Morgan fingerprint density at radius 1 is 1.22 bits per heavy atom. The number of aromatic nitrogens is 2. The fourth-order valence-electron chi connectivity index (χ4n) is 4.38. The molecule has 5 rings (SSSR count). The van der Waals surface area contributed by atoms with Crippen LogP contribution in [0.4, 0.5) is 4.79 Å². The summed E-state index contributed by atoms with van der Waals surface area (Å²) < 4.78 is 12.6. The van der Waals surface area contributed by atoms with Gasteiger partial charge in [-0.25, -0.2) is 9.78 Å². The zero-order chi connectivity index (χ0) is 22.5. The van der Waals surface area contributed by atoms with E-state index in [0.29, 0.717) is 13.2 Å². The number of carbonyl (C=O) groups is 1. The molecule has 0 aliphatic carbocycles. The van der Waals surface area contributed by atoms with Crippen molar-refractivity contribution < 1.29 is 14.3 Å². The van der Waals surface area contributed by atoms with Crippen LogP contribution >= 0.6 is 15.9 Å². The van der Waals surface area contributed by atoms with Crippen LogP contribution in [0.1, 0.15) is 51.0 Å². The van der Waals surface area contributed by atoms with Crippen molar-refractivity contribution in [3.05, 3.63) is 58.5 Å². The number of rotatable bonds is 2. The molecule has 0 spiro atoms. The van der Waals surface area contributed by atoms with E-state index in [2.05, 4.69) is 50.2 Å². The molecular weight excluding hydrogens is 470 g/mol. The molecule has 1 fully saturated rings. The van der Waals surface area contributed by atoms with Gasteiger partial charge >= 0.3 is 6.09 Å². The van der Waals surface area contributed by atoms with Gasteiger partial charge in [-0.05, 0) is 74.6 Å². The minimum Gasteiger partial charge on any atom is -0.488 e. The van der Waals surface area contributed by atoms with Gasteiger partial charge in [0.05, 0.1) is 17.9 Å². The highest BCUT2D eigenvalue weighted by Crippen LogP contribution is 2.40. The lowest BCUT2D eigenvalue weighted by molar-refractivity contribution is 0.0218. The monoisotopic (exact) mass is 495 g/mol. The molecule has 32 heavy (non-hydrogen) atoms. The summed E-state index contributed by atoms with van der Waals surface area (Å²) in [6, 6.07) is 12.4. The Kier molecular flexibility index (Phi) is 5.24. The van der Waals surface area contributed by atoms with Crippen molar-refractivity contribution in [2.24, 2.45) is 0 Å². The average Bonchev–Trinajstić information content (AvgIpc) is 3.41. The first-order valence-electron chi connectivity index (χ1n) is 10.9. The van der Waals surface area contributed by atoms with Crippen molar-refractivity contribution in [3.8, 4) is 28.1 Å². The summed E-state index contributed by atoms with van der Waals surface area (Å²) in [5, 5.41) is 0. The lowest BCUT2D eigenvalue weighted by atomic mass is 9.95. The molecule has 3 aromatic rings. The first-order valence-corrected chi connectivity index (χ1v) is 11.7. The van der Waals surface area contributed by atoms with Crippen LogP contribution in [0.3, 0.4) is 0 Å². The van der Waals surface area contributed by atoms with Crippen LogP contribution in [-0.4, -0.2) is 33.1 Å². The Morgan fingerprint density at radius 2 is 2.03 bits per heavy atom. The number of benzene rings is 2. The summed E-state index contributed by atoms with van der Waals surface area (Å²) >= 11 is 3.51. The summed E-state index contributed by atoms with van der Waals surface area (Å²) in [6.45, 7) is 6.87. The maximum atomic E-state index is 12.6. The van der Waals surface area contributed by atoms with Crippen molar-refractivity contribution >= 4 is 22.0 Å². The van der Waals surface area contributed by atoms with Gasteiger partial charge in [0.2, 0.25) is 0 Å². The van der Waals surface area contributed by atoms with E-state index in [1.165, 1.54) is 5.56 Å². The van der Waals surface area contributed by atoms with Crippen LogP contribution in [0, 0.1) is 0 Å². The molecule has 1 saturated heterocycles. The maximum Gasteiger partial charge on any atom is 0.410 e. The topological polar surface area (TPSA) is 67.4 Å². The minimum absolute atomic E-state index is 0.0927. The molecule has 2 aliphatic heterocycles. The third-order valence-corrected chi connectivity index (χ3v) is 6.32. The molecule has 1 N–H and O–H groups in total. The zero-order valence-corrected chi connectivity index (χ0v) is 20.0. The maximum absolute atomic E-state index is 12.6. The number of aromatic amines is 1. The van der Waals surface area contributed by atoms with Crippen LogP contribution in [0.25, 0.3) is 22.4 Å². The van der Waals surface area contributed by atoms with Crippen LogP contribution in [0.5, 0.6) is 5.75 Å². The number of H-pyrrole nitrogens is 1. The molecule has 0 radical (unpaired) electrons. The minimum atomic E-state index is -0.515. The van der Waals surface area contributed by atoms with E-state index in [1.54, 1.807) is 4.90 Å². The largest absolute Gasteiger partial charge is 0.488 e. The molecule has 1 atom stereocenters. The van der Waals surface area contributed by atoms with Crippen molar-refractivity contribution in [2.45, 2.75) is 51.9 Å². The van der Waals surface area contributed by atoms with Gasteiger partial charge in [0, 0.05) is 16.6 Å². The van der Waals surface area contributed by atoms with Gasteiger partial charge in [-0.3, -0.25) is 4.90 Å². The number of nitrogens with one attached hydrogen (secondary N) is 1. The molecule has 0 bridgehead atoms. The Bertz CT molecular complexity index is 1180. The first kappa shape index (κ1) is 21.1. The molecule has 1 aromatic heterocycles. The third-order valence-electron chi connectivity index (χ3n) is 5.83. The van der Waals surface area contributed by atoms with Gasteiger partial charge in [0.15, 0.2) is 0 Å².